The number of nitrogens with two attached hydrogens (primary N) is 2. The fourth-order valence-corrected chi connectivity index (χ4v) is 2.06. The van der Waals surface area contributed by atoms with Crippen LogP contribution in [-0.4, -0.2) is 22.0 Å². The van der Waals surface area contributed by atoms with Crippen molar-refractivity contribution < 1.29 is 25.5 Å². The summed E-state index contributed by atoms with van der Waals surface area (Å²) in [5, 5.41) is 34.6. The van der Waals surface area contributed by atoms with E-state index in [0.717, 1.165) is 5.56 Å². The van der Waals surface area contributed by atoms with Gasteiger partial charge in [-0.15, -0.1) is 0 Å². The van der Waals surface area contributed by atoms with E-state index < -0.39 is 17.7 Å². The lowest BCUT2D eigenvalue weighted by atomic mass is 9.90. The molecule has 2 aromatic rings. The molecular formula is C18H22N2O4. The Morgan fingerprint density at radius 1 is 1.17 bits per heavy atom. The Morgan fingerprint density at radius 2 is 1.62 bits per heavy atom. The van der Waals surface area contributed by atoms with Crippen LogP contribution in [0.3, 0.4) is 0 Å². The van der Waals surface area contributed by atoms with Gasteiger partial charge in [-0.1, -0.05) is 67.6 Å². The maximum atomic E-state index is 10.1. The van der Waals surface area contributed by atoms with E-state index in [9.17, 15) is 15.0 Å². The maximum absolute atomic E-state index is 10.1. The van der Waals surface area contributed by atoms with E-state index in [1.807, 2.05) is 37.3 Å². The standard InChI is InChI=1S/C10H14N2O.C8H8O3/c1-2-10(13,9(11)12)8-6-4-3-5-7-8;9-7(8(10)11)6-4-2-1-3-5-6/h3-7,13H,2H2,1H3,(H3,11,12);1-5,7,9H,(H,10,11)/t10-;7-/m01/s1. The van der Waals surface area contributed by atoms with Crippen molar-refractivity contribution in [3.05, 3.63) is 71.8 Å². The minimum absolute atomic E-state index is 0.0428. The van der Waals surface area contributed by atoms with E-state index in [0.29, 0.717) is 12.0 Å². The van der Waals surface area contributed by atoms with Crippen LogP contribution in [0.1, 0.15) is 30.6 Å². The van der Waals surface area contributed by atoms with Crippen molar-refractivity contribution in [3.63, 3.8) is 0 Å². The average molecular weight is 330 g/mol. The molecule has 2 rings (SSSR count). The van der Waals surface area contributed by atoms with Crippen LogP contribution >= 0.6 is 0 Å². The lowest BCUT2D eigenvalue weighted by Crippen LogP contribution is -2.58. The van der Waals surface area contributed by atoms with Crippen LogP contribution in [0.25, 0.3) is 0 Å². The number of hydrogen-bond donors (Lipinski definition) is 4. The fourth-order valence-electron chi connectivity index (χ4n) is 2.06. The average Bonchev–Trinajstić information content (AvgIpc) is 2.62. The molecule has 6 heteroatoms. The summed E-state index contributed by atoms with van der Waals surface area (Å²) in [7, 11) is 0. The maximum Gasteiger partial charge on any atom is 0.275 e. The molecule has 0 unspecified atom stereocenters. The van der Waals surface area contributed by atoms with Gasteiger partial charge >= 0.3 is 0 Å². The minimum atomic E-state index is -1.52. The van der Waals surface area contributed by atoms with E-state index in [4.69, 9.17) is 16.2 Å². The molecule has 0 aliphatic rings. The normalized spacial score (nSPS) is 13.8. The first kappa shape index (κ1) is 19.3. The number of carboxylic acids is 1. The molecular weight excluding hydrogens is 308 g/mol. The van der Waals surface area contributed by atoms with Crippen molar-refractivity contribution in [1.82, 2.24) is 0 Å². The third kappa shape index (κ3) is 4.91. The molecule has 0 aliphatic carbocycles. The van der Waals surface area contributed by atoms with E-state index in [2.05, 4.69) is 0 Å². The highest BCUT2D eigenvalue weighted by molar-refractivity contribution is 5.84. The summed E-state index contributed by atoms with van der Waals surface area (Å²) in [4.78, 5) is 10.1. The van der Waals surface area contributed by atoms with Crippen LogP contribution in [0.15, 0.2) is 60.7 Å². The quantitative estimate of drug-likeness (QED) is 0.407. The summed E-state index contributed by atoms with van der Waals surface area (Å²) >= 11 is 0. The Balaban J connectivity index is 0.000000243. The lowest BCUT2D eigenvalue weighted by molar-refractivity contribution is -0.315. The second kappa shape index (κ2) is 8.81. The zero-order valence-corrected chi connectivity index (χ0v) is 13.4. The van der Waals surface area contributed by atoms with E-state index in [1.54, 1.807) is 18.2 Å². The van der Waals surface area contributed by atoms with Gasteiger partial charge in [0.15, 0.2) is 5.60 Å². The van der Waals surface area contributed by atoms with Gasteiger partial charge in [-0.2, -0.15) is 0 Å². The van der Waals surface area contributed by atoms with Crippen molar-refractivity contribution in [1.29, 1.82) is 0 Å². The number of carboxylic acid groups (broad SMARTS) is 1. The molecule has 24 heavy (non-hydrogen) atoms. The molecule has 6 N–H and O–H groups in total. The number of carbonyl (C=O) groups excluding carboxylic acids is 1. The van der Waals surface area contributed by atoms with Crippen LogP contribution in [0.5, 0.6) is 0 Å². The lowest BCUT2D eigenvalue weighted by Gasteiger charge is -2.21. The van der Waals surface area contributed by atoms with Crippen LogP contribution in [0, 0.1) is 0 Å². The number of carbonyl (C=O) groups is 1. The van der Waals surface area contributed by atoms with Gasteiger partial charge in [0.2, 0.25) is 0 Å². The highest BCUT2D eigenvalue weighted by Gasteiger charge is 2.34. The third-order valence-corrected chi connectivity index (χ3v) is 3.58. The van der Waals surface area contributed by atoms with Gasteiger partial charge in [0, 0.05) is 0 Å². The van der Waals surface area contributed by atoms with E-state index in [1.165, 1.54) is 12.1 Å². The number of rotatable bonds is 5. The monoisotopic (exact) mass is 330 g/mol. The van der Waals surface area contributed by atoms with Crippen molar-refractivity contribution in [3.8, 4) is 0 Å². The molecule has 0 aromatic heterocycles. The van der Waals surface area contributed by atoms with Crippen LogP contribution in [0.2, 0.25) is 0 Å². The number of benzene rings is 2. The number of aliphatic carboxylic acids is 1. The van der Waals surface area contributed by atoms with Crippen LogP contribution in [0.4, 0.5) is 0 Å². The Labute approximate surface area is 140 Å². The third-order valence-electron chi connectivity index (χ3n) is 3.58. The molecule has 2 aromatic carbocycles. The highest BCUT2D eigenvalue weighted by Crippen LogP contribution is 2.23. The molecule has 0 amide bonds. The SMILES string of the molecule is CC[C@@](O)(C(N)=[NH2+])c1ccccc1.O=C([O-])[C@H](O)c1ccccc1. The van der Waals surface area contributed by atoms with Gasteiger partial charge in [-0.05, 0) is 17.5 Å². The fraction of sp³-hybridized carbons (Fsp3) is 0.222. The Kier molecular flexibility index (Phi) is 7.10. The van der Waals surface area contributed by atoms with Crippen molar-refractivity contribution in [2.75, 3.05) is 0 Å². The molecule has 128 valence electrons. The molecule has 0 aliphatic heterocycles. The van der Waals surface area contributed by atoms with E-state index in [-0.39, 0.29) is 5.84 Å². The van der Waals surface area contributed by atoms with Crippen molar-refractivity contribution in [2.45, 2.75) is 25.0 Å². The summed E-state index contributed by atoms with van der Waals surface area (Å²) in [6, 6.07) is 17.3. The van der Waals surface area contributed by atoms with Crippen LogP contribution in [-0.2, 0) is 10.4 Å². The second-order valence-electron chi connectivity index (χ2n) is 5.17. The zero-order chi connectivity index (χ0) is 18.2. The van der Waals surface area contributed by atoms with E-state index >= 15 is 0 Å². The number of hydrogen-bond acceptors (Lipinski definition) is 4. The van der Waals surface area contributed by atoms with Gasteiger partial charge in [0.1, 0.15) is 6.10 Å². The summed E-state index contributed by atoms with van der Waals surface area (Å²) in [5.41, 5.74) is 5.34. The zero-order valence-electron chi connectivity index (χ0n) is 13.4. The molecule has 0 spiro atoms. The summed E-state index contributed by atoms with van der Waals surface area (Å²) in [6.07, 6.45) is -1.05. The highest BCUT2D eigenvalue weighted by atomic mass is 16.4. The molecule has 6 nitrogen and oxygen atoms in total. The first-order chi connectivity index (χ1) is 11.3. The summed E-state index contributed by atoms with van der Waals surface area (Å²) in [5.74, 6) is -1.43. The predicted octanol–water partition coefficient (Wildman–Crippen LogP) is -1.13. The largest absolute Gasteiger partial charge is 0.547 e. The van der Waals surface area contributed by atoms with Gasteiger partial charge in [-0.25, -0.2) is 0 Å². The summed E-state index contributed by atoms with van der Waals surface area (Å²) < 4.78 is 0. The number of aliphatic hydroxyl groups excluding tert-OH is 1. The Morgan fingerprint density at radius 3 is 2.00 bits per heavy atom. The first-order valence-corrected chi connectivity index (χ1v) is 7.43. The molecule has 0 radical (unpaired) electrons. The molecule has 0 bridgehead atoms. The van der Waals surface area contributed by atoms with Crippen LogP contribution < -0.4 is 16.2 Å². The van der Waals surface area contributed by atoms with Gasteiger partial charge < -0.3 is 20.1 Å². The molecule has 0 heterocycles. The van der Waals surface area contributed by atoms with Gasteiger partial charge in [0.05, 0.1) is 5.97 Å². The van der Waals surface area contributed by atoms with Crippen molar-refractivity contribution in [2.24, 2.45) is 5.73 Å². The number of aliphatic hydroxyl groups is 2. The molecule has 0 saturated carbocycles. The Hall–Kier alpha value is -2.70. The first-order valence-electron chi connectivity index (χ1n) is 7.43. The molecule has 0 fully saturated rings. The molecule has 2 atom stereocenters. The van der Waals surface area contributed by atoms with Gasteiger partial charge in [-0.3, -0.25) is 11.1 Å². The predicted molar refractivity (Wildman–Crippen MR) is 88.2 cm³/mol. The topological polar surface area (TPSA) is 132 Å². The molecule has 0 saturated heterocycles. The summed E-state index contributed by atoms with van der Waals surface area (Å²) in [6.45, 7) is 1.84. The number of amidine groups is 1. The smallest absolute Gasteiger partial charge is 0.275 e. The van der Waals surface area contributed by atoms with Crippen molar-refractivity contribution >= 4 is 11.8 Å². The second-order valence-corrected chi connectivity index (χ2v) is 5.17. The minimum Gasteiger partial charge on any atom is -0.547 e. The Bertz CT molecular complexity index is 661. The van der Waals surface area contributed by atoms with Gasteiger partial charge in [0.25, 0.3) is 5.84 Å².